The second-order valence-electron chi connectivity index (χ2n) is 10.2. The summed E-state index contributed by atoms with van der Waals surface area (Å²) >= 11 is 1.42. The second kappa shape index (κ2) is 9.42. The number of carbonyl (C=O) groups is 1. The van der Waals surface area contributed by atoms with Crippen molar-refractivity contribution in [2.45, 2.75) is 40.0 Å². The number of thioether (sulfide) groups is 1. The zero-order chi connectivity index (χ0) is 25.5. The lowest BCUT2D eigenvalue weighted by molar-refractivity contribution is -0.121. The molecule has 2 aromatic carbocycles. The largest absolute Gasteiger partial charge is 0.378 e. The zero-order valence-electron chi connectivity index (χ0n) is 21.9. The maximum absolute atomic E-state index is 13.0. The Labute approximate surface area is 213 Å². The van der Waals surface area contributed by atoms with Gasteiger partial charge in [0.2, 0.25) is 0 Å². The highest BCUT2D eigenvalue weighted by Gasteiger charge is 2.30. The molecule has 0 aliphatic carbocycles. The Morgan fingerprint density at radius 1 is 0.971 bits per heavy atom. The van der Waals surface area contributed by atoms with Gasteiger partial charge in [0, 0.05) is 43.9 Å². The van der Waals surface area contributed by atoms with Crippen LogP contribution in [0.2, 0.25) is 0 Å². The zero-order valence-corrected chi connectivity index (χ0v) is 22.7. The number of amides is 1. The molecule has 2 heterocycles. The Balaban J connectivity index is 1.62. The molecule has 1 aromatic heterocycles. The second-order valence-corrected chi connectivity index (χ2v) is 11.2. The Bertz CT molecular complexity index is 1310. The fourth-order valence-corrected chi connectivity index (χ4v) is 5.15. The highest BCUT2D eigenvalue weighted by molar-refractivity contribution is 8.18. The van der Waals surface area contributed by atoms with Crippen LogP contribution in [0.15, 0.2) is 64.5 Å². The minimum absolute atomic E-state index is 0.0296. The molecule has 0 atom stereocenters. The minimum Gasteiger partial charge on any atom is -0.378 e. The Morgan fingerprint density at radius 3 is 2.17 bits per heavy atom. The summed E-state index contributed by atoms with van der Waals surface area (Å²) in [5, 5.41) is 0.686. The van der Waals surface area contributed by atoms with Crippen LogP contribution in [0, 0.1) is 13.8 Å². The lowest BCUT2D eigenvalue weighted by atomic mass is 9.87. The summed E-state index contributed by atoms with van der Waals surface area (Å²) in [6, 6.07) is 18.9. The Hall–Kier alpha value is -3.25. The van der Waals surface area contributed by atoms with Crippen molar-refractivity contribution >= 4 is 40.3 Å². The lowest BCUT2D eigenvalue weighted by Crippen LogP contribution is -2.23. The van der Waals surface area contributed by atoms with Gasteiger partial charge >= 0.3 is 0 Å². The molecule has 5 nitrogen and oxygen atoms in total. The van der Waals surface area contributed by atoms with Crippen molar-refractivity contribution in [1.82, 2.24) is 9.47 Å². The number of aliphatic imine (C=N–C) groups is 1. The fraction of sp³-hybridized carbons (Fsp3) is 0.310. The third kappa shape index (κ3) is 5.08. The van der Waals surface area contributed by atoms with Gasteiger partial charge in [-0.05, 0) is 90.7 Å². The van der Waals surface area contributed by atoms with E-state index < -0.39 is 0 Å². The van der Waals surface area contributed by atoms with E-state index in [0.29, 0.717) is 10.1 Å². The van der Waals surface area contributed by atoms with E-state index in [9.17, 15) is 4.79 Å². The molecule has 6 heteroatoms. The number of likely N-dealkylation sites (N-methyl/N-ethyl adjacent to an activating group) is 1. The molecule has 0 radical (unpaired) electrons. The van der Waals surface area contributed by atoms with Crippen LogP contribution < -0.4 is 4.90 Å². The molecule has 1 fully saturated rings. The molecule has 182 valence electrons. The van der Waals surface area contributed by atoms with Crippen LogP contribution >= 0.6 is 11.8 Å². The minimum atomic E-state index is -0.0296. The van der Waals surface area contributed by atoms with E-state index in [-0.39, 0.29) is 11.3 Å². The quantitative estimate of drug-likeness (QED) is 0.386. The molecule has 1 aliphatic rings. The van der Waals surface area contributed by atoms with E-state index in [0.717, 1.165) is 34.0 Å². The molecule has 1 aliphatic heterocycles. The van der Waals surface area contributed by atoms with Gasteiger partial charge in [0.25, 0.3) is 5.91 Å². The van der Waals surface area contributed by atoms with Gasteiger partial charge in [-0.3, -0.25) is 9.69 Å². The topological polar surface area (TPSA) is 40.8 Å². The van der Waals surface area contributed by atoms with Gasteiger partial charge in [-0.2, -0.15) is 0 Å². The molecule has 4 rings (SSSR count). The standard InChI is InChI=1S/C29H34N4OS/c1-19-17-21(20(2)33(19)25-13-9-22(10-14-25)29(3,4)5)18-26-27(34)32(8)28(35-26)30-23-11-15-24(16-12-23)31(6)7/h9-18H,1-8H3/b26-18-,30-28?. The van der Waals surface area contributed by atoms with Gasteiger partial charge < -0.3 is 9.47 Å². The van der Waals surface area contributed by atoms with Gasteiger partial charge in [-0.15, -0.1) is 0 Å². The van der Waals surface area contributed by atoms with Crippen molar-refractivity contribution in [2.75, 3.05) is 26.0 Å². The van der Waals surface area contributed by atoms with Crippen LogP contribution in [0.5, 0.6) is 0 Å². The molecule has 0 bridgehead atoms. The van der Waals surface area contributed by atoms with Crippen molar-refractivity contribution in [3.63, 3.8) is 0 Å². The number of amidine groups is 1. The van der Waals surface area contributed by atoms with E-state index in [1.165, 1.54) is 17.3 Å². The summed E-state index contributed by atoms with van der Waals surface area (Å²) in [5.41, 5.74) is 7.79. The van der Waals surface area contributed by atoms with E-state index in [1.807, 2.05) is 49.3 Å². The first kappa shape index (κ1) is 24.9. The van der Waals surface area contributed by atoms with E-state index in [1.54, 1.807) is 11.9 Å². The van der Waals surface area contributed by atoms with Gasteiger partial charge in [0.05, 0.1) is 10.6 Å². The number of benzene rings is 2. The third-order valence-electron chi connectivity index (χ3n) is 6.34. The first-order valence-corrected chi connectivity index (χ1v) is 12.6. The number of hydrogen-bond donors (Lipinski definition) is 0. The van der Waals surface area contributed by atoms with Crippen molar-refractivity contribution in [2.24, 2.45) is 4.99 Å². The molecule has 1 amide bonds. The van der Waals surface area contributed by atoms with E-state index in [2.05, 4.69) is 69.5 Å². The summed E-state index contributed by atoms with van der Waals surface area (Å²) in [4.78, 5) is 22.1. The van der Waals surface area contributed by atoms with Gasteiger partial charge in [-0.25, -0.2) is 4.99 Å². The van der Waals surface area contributed by atoms with Crippen LogP contribution in [0.4, 0.5) is 11.4 Å². The number of carbonyl (C=O) groups excluding carboxylic acids is 1. The first-order valence-electron chi connectivity index (χ1n) is 11.8. The lowest BCUT2D eigenvalue weighted by Gasteiger charge is -2.20. The Morgan fingerprint density at radius 2 is 1.60 bits per heavy atom. The highest BCUT2D eigenvalue weighted by atomic mass is 32.2. The van der Waals surface area contributed by atoms with Crippen LogP contribution in [0.1, 0.15) is 43.3 Å². The van der Waals surface area contributed by atoms with Crippen molar-refractivity contribution < 1.29 is 4.79 Å². The smallest absolute Gasteiger partial charge is 0.266 e. The highest BCUT2D eigenvalue weighted by Crippen LogP contribution is 2.35. The summed E-state index contributed by atoms with van der Waals surface area (Å²) in [6.07, 6.45) is 1.99. The fourth-order valence-electron chi connectivity index (χ4n) is 4.17. The molecule has 0 unspecified atom stereocenters. The van der Waals surface area contributed by atoms with E-state index in [4.69, 9.17) is 4.99 Å². The van der Waals surface area contributed by atoms with Crippen molar-refractivity contribution in [3.05, 3.63) is 82.0 Å². The first-order chi connectivity index (χ1) is 16.5. The molecule has 3 aromatic rings. The van der Waals surface area contributed by atoms with Gasteiger partial charge in [-0.1, -0.05) is 32.9 Å². The van der Waals surface area contributed by atoms with Crippen LogP contribution in [0.3, 0.4) is 0 Å². The summed E-state index contributed by atoms with van der Waals surface area (Å²) in [5.74, 6) is -0.0296. The number of nitrogens with zero attached hydrogens (tertiary/aromatic N) is 4. The third-order valence-corrected chi connectivity index (χ3v) is 7.40. The van der Waals surface area contributed by atoms with E-state index >= 15 is 0 Å². The predicted octanol–water partition coefficient (Wildman–Crippen LogP) is 6.69. The molecule has 1 saturated heterocycles. The van der Waals surface area contributed by atoms with Gasteiger partial charge in [0.1, 0.15) is 0 Å². The summed E-state index contributed by atoms with van der Waals surface area (Å²) < 4.78 is 2.24. The number of aromatic nitrogens is 1. The normalized spacial score (nSPS) is 16.6. The molecule has 0 spiro atoms. The SMILES string of the molecule is Cc1cc(/C=C2\SC(=Nc3ccc(N(C)C)cc3)N(C)C2=O)c(C)n1-c1ccc(C(C)(C)C)cc1. The predicted molar refractivity (Wildman–Crippen MR) is 150 cm³/mol. The monoisotopic (exact) mass is 486 g/mol. The number of hydrogen-bond acceptors (Lipinski definition) is 4. The molecule has 0 saturated carbocycles. The summed E-state index contributed by atoms with van der Waals surface area (Å²) in [7, 11) is 5.80. The average molecular weight is 487 g/mol. The molecular weight excluding hydrogens is 452 g/mol. The maximum Gasteiger partial charge on any atom is 0.266 e. The van der Waals surface area contributed by atoms with Crippen LogP contribution in [-0.2, 0) is 10.2 Å². The van der Waals surface area contributed by atoms with Gasteiger partial charge in [0.15, 0.2) is 5.17 Å². The maximum atomic E-state index is 13.0. The number of anilines is 1. The molecule has 0 N–H and O–H groups in total. The number of rotatable bonds is 4. The Kier molecular flexibility index (Phi) is 6.69. The van der Waals surface area contributed by atoms with Crippen LogP contribution in [0.25, 0.3) is 11.8 Å². The molecular formula is C29H34N4OS. The van der Waals surface area contributed by atoms with Crippen molar-refractivity contribution in [3.8, 4) is 5.69 Å². The number of aryl methyl sites for hydroxylation is 1. The average Bonchev–Trinajstić information content (AvgIpc) is 3.23. The summed E-state index contributed by atoms with van der Waals surface area (Å²) in [6.45, 7) is 10.9. The van der Waals surface area contributed by atoms with Crippen molar-refractivity contribution in [1.29, 1.82) is 0 Å². The van der Waals surface area contributed by atoms with Crippen LogP contribution in [-0.4, -0.2) is 41.7 Å². The molecule has 35 heavy (non-hydrogen) atoms.